The smallest absolute Gasteiger partial charge is 0.461 e. The minimum Gasteiger partial charge on any atom is -0.461 e. The van der Waals surface area contributed by atoms with Crippen molar-refractivity contribution in [2.45, 2.75) is 19.6 Å². The van der Waals surface area contributed by atoms with Gasteiger partial charge in [-0.05, 0) is 0 Å². The summed E-state index contributed by atoms with van der Waals surface area (Å²) in [5.74, 6) is -0.640. The number of rotatable bonds is 3. The summed E-state index contributed by atoms with van der Waals surface area (Å²) >= 11 is 0. The van der Waals surface area contributed by atoms with Gasteiger partial charge >= 0.3 is 18.9 Å². The molecule has 0 radical (unpaired) electrons. The molecule has 1 aliphatic rings. The maximum absolute atomic E-state index is 12.2. The summed E-state index contributed by atoms with van der Waals surface area (Å²) in [6.07, 6.45) is -0.298. The van der Waals surface area contributed by atoms with Gasteiger partial charge in [-0.2, -0.15) is 6.04 Å². The van der Waals surface area contributed by atoms with E-state index >= 15 is 0 Å². The Labute approximate surface area is 147 Å². The van der Waals surface area contributed by atoms with E-state index in [2.05, 4.69) is 0 Å². The second-order valence-electron chi connectivity index (χ2n) is 5.17. The number of hydrogen-bond acceptors (Lipinski definition) is 3. The van der Waals surface area contributed by atoms with E-state index in [9.17, 15) is 9.59 Å². The first-order valence-electron chi connectivity index (χ1n) is 7.12. The standard InChI is InChI=1S/C18H16NO3.Li/c1-13(20)19-16(12-14-8-4-2-5-9-14)18(21)22-17(19)15-10-6-3-7-11-15;/h2-11,17H,12H2,1H3;/q-1;+1/t17-;/m0./s1. The Bertz CT molecular complexity index is 675. The molecule has 112 valence electrons. The van der Waals surface area contributed by atoms with Crippen LogP contribution in [-0.2, 0) is 20.7 Å². The number of hydrogen-bond donors (Lipinski definition) is 0. The van der Waals surface area contributed by atoms with Crippen LogP contribution >= 0.6 is 0 Å². The molecule has 2 aromatic rings. The van der Waals surface area contributed by atoms with Crippen LogP contribution in [0.15, 0.2) is 60.7 Å². The van der Waals surface area contributed by atoms with E-state index in [1.807, 2.05) is 60.7 Å². The van der Waals surface area contributed by atoms with Gasteiger partial charge < -0.3 is 9.64 Å². The largest absolute Gasteiger partial charge is 1.00 e. The van der Waals surface area contributed by atoms with Gasteiger partial charge in [0.1, 0.15) is 0 Å². The Kier molecular flexibility index (Phi) is 5.54. The van der Waals surface area contributed by atoms with Crippen LogP contribution in [0.3, 0.4) is 0 Å². The monoisotopic (exact) mass is 301 g/mol. The normalized spacial score (nSPS) is 16.7. The van der Waals surface area contributed by atoms with Crippen LogP contribution in [0.5, 0.6) is 0 Å². The number of cyclic esters (lactones) is 1. The van der Waals surface area contributed by atoms with Gasteiger partial charge in [0.15, 0.2) is 18.1 Å². The van der Waals surface area contributed by atoms with E-state index in [0.717, 1.165) is 11.1 Å². The molecule has 0 N–H and O–H groups in total. The van der Waals surface area contributed by atoms with Gasteiger partial charge in [0, 0.05) is 12.5 Å². The first-order chi connectivity index (χ1) is 10.7. The molecule has 2 aromatic carbocycles. The van der Waals surface area contributed by atoms with Crippen LogP contribution in [0, 0.1) is 6.04 Å². The zero-order chi connectivity index (χ0) is 15.5. The molecule has 1 atom stereocenters. The summed E-state index contributed by atoms with van der Waals surface area (Å²) in [5.41, 5.74) is 1.75. The molecular formula is C18H16LiNO3. The number of amides is 1. The van der Waals surface area contributed by atoms with Crippen molar-refractivity contribution in [3.63, 3.8) is 0 Å². The van der Waals surface area contributed by atoms with Crippen LogP contribution in [0.4, 0.5) is 0 Å². The van der Waals surface area contributed by atoms with Gasteiger partial charge in [0.05, 0.1) is 0 Å². The van der Waals surface area contributed by atoms with Crippen LogP contribution in [0.25, 0.3) is 0 Å². The number of carbonyl (C=O) groups excluding carboxylic acids is 2. The van der Waals surface area contributed by atoms with E-state index < -0.39 is 12.2 Å². The van der Waals surface area contributed by atoms with E-state index in [1.165, 1.54) is 11.8 Å². The third kappa shape index (κ3) is 3.61. The summed E-state index contributed by atoms with van der Waals surface area (Å²) < 4.78 is 5.44. The van der Waals surface area contributed by atoms with Gasteiger partial charge in [-0.25, -0.2) is 0 Å². The molecule has 1 aliphatic heterocycles. The van der Waals surface area contributed by atoms with Gasteiger partial charge in [0.2, 0.25) is 0 Å². The molecule has 23 heavy (non-hydrogen) atoms. The van der Waals surface area contributed by atoms with E-state index in [0.29, 0.717) is 12.5 Å². The van der Waals surface area contributed by atoms with Crippen molar-refractivity contribution in [2.24, 2.45) is 0 Å². The fourth-order valence-electron chi connectivity index (χ4n) is 2.60. The predicted octanol–water partition coefficient (Wildman–Crippen LogP) is -0.131. The van der Waals surface area contributed by atoms with Gasteiger partial charge in [0.25, 0.3) is 0 Å². The second-order valence-corrected chi connectivity index (χ2v) is 5.17. The van der Waals surface area contributed by atoms with Crippen LogP contribution in [-0.4, -0.2) is 16.8 Å². The summed E-state index contributed by atoms with van der Waals surface area (Å²) in [7, 11) is 0. The SMILES string of the molecule is CC(=O)N1[C-](Cc2ccccc2)C(=O)O[C@H]1c1ccccc1.[Li+]. The average molecular weight is 301 g/mol. The summed E-state index contributed by atoms with van der Waals surface area (Å²) in [6.45, 7) is 1.45. The third-order valence-corrected chi connectivity index (χ3v) is 3.62. The van der Waals surface area contributed by atoms with Crippen molar-refractivity contribution in [3.05, 3.63) is 77.8 Å². The zero-order valence-corrected chi connectivity index (χ0v) is 13.2. The third-order valence-electron chi connectivity index (χ3n) is 3.62. The second kappa shape index (κ2) is 7.41. The first-order valence-corrected chi connectivity index (χ1v) is 7.12. The molecule has 0 aromatic heterocycles. The first kappa shape index (κ1) is 17.2. The number of esters is 1. The molecule has 0 bridgehead atoms. The van der Waals surface area contributed by atoms with Crippen molar-refractivity contribution in [1.82, 2.24) is 4.90 Å². The molecule has 1 saturated heterocycles. The molecule has 1 fully saturated rings. The Morgan fingerprint density at radius 3 is 2.22 bits per heavy atom. The topological polar surface area (TPSA) is 46.6 Å². The van der Waals surface area contributed by atoms with Crippen LogP contribution < -0.4 is 18.9 Å². The van der Waals surface area contributed by atoms with E-state index in [1.54, 1.807) is 0 Å². The van der Waals surface area contributed by atoms with Gasteiger partial charge in [-0.15, -0.1) is 6.42 Å². The fourth-order valence-corrected chi connectivity index (χ4v) is 2.60. The minimum absolute atomic E-state index is 0. The predicted molar refractivity (Wildman–Crippen MR) is 81.2 cm³/mol. The van der Waals surface area contributed by atoms with Crippen LogP contribution in [0.1, 0.15) is 24.3 Å². The molecule has 0 aliphatic carbocycles. The number of nitrogens with zero attached hydrogens (tertiary/aromatic N) is 1. The van der Waals surface area contributed by atoms with Gasteiger partial charge in [-0.3, -0.25) is 9.59 Å². The van der Waals surface area contributed by atoms with Crippen LogP contribution in [0.2, 0.25) is 0 Å². The minimum atomic E-state index is -0.676. The number of carbonyl (C=O) groups is 2. The van der Waals surface area contributed by atoms with E-state index in [4.69, 9.17) is 4.74 Å². The number of ether oxygens (including phenoxy) is 1. The molecule has 3 rings (SSSR count). The Balaban J connectivity index is 0.00000192. The molecule has 0 unspecified atom stereocenters. The summed E-state index contributed by atoms with van der Waals surface area (Å²) in [5, 5.41) is 0. The Hall–Kier alpha value is -2.15. The van der Waals surface area contributed by atoms with Gasteiger partial charge in [-0.1, -0.05) is 66.2 Å². The molecule has 0 saturated carbocycles. The molecule has 1 amide bonds. The van der Waals surface area contributed by atoms with E-state index in [-0.39, 0.29) is 24.8 Å². The maximum atomic E-state index is 12.2. The number of benzene rings is 2. The molecule has 4 nitrogen and oxygen atoms in total. The molecule has 0 spiro atoms. The fraction of sp³-hybridized carbons (Fsp3) is 0.167. The van der Waals surface area contributed by atoms with Crippen molar-refractivity contribution < 1.29 is 33.2 Å². The van der Waals surface area contributed by atoms with Crippen molar-refractivity contribution in [3.8, 4) is 0 Å². The molecule has 1 heterocycles. The zero-order valence-electron chi connectivity index (χ0n) is 13.2. The Morgan fingerprint density at radius 2 is 1.65 bits per heavy atom. The average Bonchev–Trinajstić information content (AvgIpc) is 2.86. The maximum Gasteiger partial charge on any atom is 1.00 e. The summed E-state index contributed by atoms with van der Waals surface area (Å²) in [6, 6.07) is 19.2. The molecule has 5 heteroatoms. The van der Waals surface area contributed by atoms with Crippen molar-refractivity contribution >= 4 is 11.9 Å². The summed E-state index contributed by atoms with van der Waals surface area (Å²) in [4.78, 5) is 25.7. The quantitative estimate of drug-likeness (QED) is 0.451. The molecular weight excluding hydrogens is 285 g/mol. The van der Waals surface area contributed by atoms with Crippen molar-refractivity contribution in [2.75, 3.05) is 0 Å². The van der Waals surface area contributed by atoms with Crippen molar-refractivity contribution in [1.29, 1.82) is 0 Å². The Morgan fingerprint density at radius 1 is 1.09 bits per heavy atom.